The molecule has 0 aliphatic heterocycles. The number of aliphatic carboxylic acids is 1. The minimum atomic E-state index is -0.827. The Balaban J connectivity index is 4.00. The molecule has 0 saturated heterocycles. The molecule has 0 fully saturated rings. The summed E-state index contributed by atoms with van der Waals surface area (Å²) in [5.41, 5.74) is 5.45. The van der Waals surface area contributed by atoms with E-state index >= 15 is 0 Å². The van der Waals surface area contributed by atoms with Crippen molar-refractivity contribution in [3.8, 4) is 0 Å². The van der Waals surface area contributed by atoms with Crippen LogP contribution in [0.4, 0.5) is 0 Å². The molecule has 2 atom stereocenters. The van der Waals surface area contributed by atoms with Crippen molar-refractivity contribution in [1.82, 2.24) is 5.32 Å². The van der Waals surface area contributed by atoms with E-state index in [9.17, 15) is 9.59 Å². The number of carboxylic acids is 1. The fourth-order valence-electron chi connectivity index (χ4n) is 1.46. The molecule has 0 aliphatic rings. The number of nitrogens with one attached hydrogen (secondary N) is 1. The standard InChI is InChI=1S/C11H22N2O3/c1-3-8(5-10(14)15)7-13-11(16)9(4-2)6-12/h8-9H,3-7,12H2,1-2H3,(H,13,16)(H,14,15). The van der Waals surface area contributed by atoms with Crippen LogP contribution in [0.15, 0.2) is 0 Å². The van der Waals surface area contributed by atoms with E-state index in [-0.39, 0.29) is 24.2 Å². The number of carbonyl (C=O) groups is 2. The summed E-state index contributed by atoms with van der Waals surface area (Å²) in [6, 6.07) is 0. The van der Waals surface area contributed by atoms with E-state index in [2.05, 4.69) is 5.32 Å². The van der Waals surface area contributed by atoms with Gasteiger partial charge >= 0.3 is 5.97 Å². The van der Waals surface area contributed by atoms with Gasteiger partial charge in [-0.15, -0.1) is 0 Å². The van der Waals surface area contributed by atoms with Gasteiger partial charge in [0.1, 0.15) is 0 Å². The number of nitrogens with two attached hydrogens (primary N) is 1. The zero-order valence-corrected chi connectivity index (χ0v) is 10.0. The van der Waals surface area contributed by atoms with E-state index in [0.717, 1.165) is 6.42 Å². The van der Waals surface area contributed by atoms with Gasteiger partial charge in [-0.25, -0.2) is 0 Å². The molecular formula is C11H22N2O3. The highest BCUT2D eigenvalue weighted by molar-refractivity contribution is 5.78. The fraction of sp³-hybridized carbons (Fsp3) is 0.818. The minimum Gasteiger partial charge on any atom is -0.481 e. The van der Waals surface area contributed by atoms with Crippen LogP contribution in [0, 0.1) is 11.8 Å². The zero-order chi connectivity index (χ0) is 12.6. The molecule has 0 aliphatic carbocycles. The highest BCUT2D eigenvalue weighted by Crippen LogP contribution is 2.07. The van der Waals surface area contributed by atoms with E-state index in [1.807, 2.05) is 13.8 Å². The molecule has 0 rings (SSSR count). The maximum atomic E-state index is 11.6. The summed E-state index contributed by atoms with van der Waals surface area (Å²) in [7, 11) is 0. The highest BCUT2D eigenvalue weighted by atomic mass is 16.4. The van der Waals surface area contributed by atoms with Gasteiger partial charge in [-0.2, -0.15) is 0 Å². The Labute approximate surface area is 96.4 Å². The van der Waals surface area contributed by atoms with Crippen LogP contribution < -0.4 is 11.1 Å². The molecule has 0 bridgehead atoms. The van der Waals surface area contributed by atoms with Gasteiger partial charge in [-0.3, -0.25) is 9.59 Å². The van der Waals surface area contributed by atoms with Gasteiger partial charge in [0, 0.05) is 25.4 Å². The summed E-state index contributed by atoms with van der Waals surface area (Å²) in [5.74, 6) is -1.07. The molecule has 5 nitrogen and oxygen atoms in total. The Morgan fingerprint density at radius 3 is 2.31 bits per heavy atom. The molecule has 5 heteroatoms. The largest absolute Gasteiger partial charge is 0.481 e. The summed E-state index contributed by atoms with van der Waals surface area (Å²) in [6.07, 6.45) is 1.54. The lowest BCUT2D eigenvalue weighted by Gasteiger charge is -2.16. The average molecular weight is 230 g/mol. The first-order valence-corrected chi connectivity index (χ1v) is 5.74. The van der Waals surface area contributed by atoms with E-state index in [0.29, 0.717) is 19.5 Å². The number of rotatable bonds is 8. The van der Waals surface area contributed by atoms with Crippen LogP contribution in [0.1, 0.15) is 33.1 Å². The zero-order valence-electron chi connectivity index (χ0n) is 10.0. The Morgan fingerprint density at radius 1 is 1.31 bits per heavy atom. The Hall–Kier alpha value is -1.10. The van der Waals surface area contributed by atoms with Crippen molar-refractivity contribution >= 4 is 11.9 Å². The molecule has 2 unspecified atom stereocenters. The van der Waals surface area contributed by atoms with Crippen LogP contribution in [0.25, 0.3) is 0 Å². The maximum absolute atomic E-state index is 11.6. The normalized spacial score (nSPS) is 14.2. The van der Waals surface area contributed by atoms with Crippen LogP contribution in [0.5, 0.6) is 0 Å². The molecular weight excluding hydrogens is 208 g/mol. The Kier molecular flexibility index (Phi) is 7.54. The summed E-state index contributed by atoms with van der Waals surface area (Å²) in [4.78, 5) is 22.1. The number of carbonyl (C=O) groups excluding carboxylic acids is 1. The van der Waals surface area contributed by atoms with Crippen molar-refractivity contribution in [2.24, 2.45) is 17.6 Å². The average Bonchev–Trinajstić information content (AvgIpc) is 2.25. The lowest BCUT2D eigenvalue weighted by atomic mass is 10.0. The van der Waals surface area contributed by atoms with Gasteiger partial charge < -0.3 is 16.2 Å². The minimum absolute atomic E-state index is 0.00303. The van der Waals surface area contributed by atoms with Crippen molar-refractivity contribution in [2.45, 2.75) is 33.1 Å². The third-order valence-electron chi connectivity index (χ3n) is 2.75. The molecule has 94 valence electrons. The van der Waals surface area contributed by atoms with Crippen molar-refractivity contribution in [3.63, 3.8) is 0 Å². The summed E-state index contributed by atoms with van der Waals surface area (Å²) < 4.78 is 0. The summed E-state index contributed by atoms with van der Waals surface area (Å²) >= 11 is 0. The first-order chi connectivity index (χ1) is 7.54. The lowest BCUT2D eigenvalue weighted by Crippen LogP contribution is -2.37. The fourth-order valence-corrected chi connectivity index (χ4v) is 1.46. The lowest BCUT2D eigenvalue weighted by molar-refractivity contribution is -0.138. The smallest absolute Gasteiger partial charge is 0.303 e. The third kappa shape index (κ3) is 5.70. The molecule has 4 N–H and O–H groups in total. The number of amides is 1. The molecule has 0 aromatic rings. The molecule has 0 aromatic carbocycles. The molecule has 0 spiro atoms. The van der Waals surface area contributed by atoms with Crippen molar-refractivity contribution < 1.29 is 14.7 Å². The number of hydrogen-bond donors (Lipinski definition) is 3. The monoisotopic (exact) mass is 230 g/mol. The van der Waals surface area contributed by atoms with Crippen LogP contribution in [-0.2, 0) is 9.59 Å². The van der Waals surface area contributed by atoms with E-state index < -0.39 is 5.97 Å². The van der Waals surface area contributed by atoms with Gasteiger partial charge in [0.15, 0.2) is 0 Å². The van der Waals surface area contributed by atoms with Crippen LogP contribution in [0.3, 0.4) is 0 Å². The number of hydrogen-bond acceptors (Lipinski definition) is 3. The maximum Gasteiger partial charge on any atom is 0.303 e. The second-order valence-electron chi connectivity index (χ2n) is 3.96. The second-order valence-corrected chi connectivity index (χ2v) is 3.96. The van der Waals surface area contributed by atoms with Gasteiger partial charge in [0.2, 0.25) is 5.91 Å². The van der Waals surface area contributed by atoms with Gasteiger partial charge in [-0.1, -0.05) is 20.3 Å². The summed E-state index contributed by atoms with van der Waals surface area (Å²) in [6.45, 7) is 4.57. The van der Waals surface area contributed by atoms with Crippen LogP contribution in [-0.4, -0.2) is 30.1 Å². The number of carboxylic acid groups (broad SMARTS) is 1. The highest BCUT2D eigenvalue weighted by Gasteiger charge is 2.17. The predicted molar refractivity (Wildman–Crippen MR) is 61.9 cm³/mol. The Morgan fingerprint density at radius 2 is 1.94 bits per heavy atom. The van der Waals surface area contributed by atoms with Crippen LogP contribution in [0.2, 0.25) is 0 Å². The quantitative estimate of drug-likeness (QED) is 0.569. The SMILES string of the molecule is CCC(CNC(=O)C(CC)CN)CC(=O)O. The first-order valence-electron chi connectivity index (χ1n) is 5.74. The topological polar surface area (TPSA) is 92.4 Å². The van der Waals surface area contributed by atoms with E-state index in [4.69, 9.17) is 10.8 Å². The first kappa shape index (κ1) is 14.9. The van der Waals surface area contributed by atoms with E-state index in [1.54, 1.807) is 0 Å². The molecule has 16 heavy (non-hydrogen) atoms. The molecule has 0 saturated carbocycles. The molecule has 0 aromatic heterocycles. The van der Waals surface area contributed by atoms with Crippen LogP contribution >= 0.6 is 0 Å². The Bertz CT molecular complexity index is 227. The molecule has 1 amide bonds. The third-order valence-corrected chi connectivity index (χ3v) is 2.75. The predicted octanol–water partition coefficient (Wildman–Crippen LogP) is 0.588. The van der Waals surface area contributed by atoms with E-state index in [1.165, 1.54) is 0 Å². The summed E-state index contributed by atoms with van der Waals surface area (Å²) in [5, 5.41) is 11.4. The van der Waals surface area contributed by atoms with Gasteiger partial charge in [0.05, 0.1) is 0 Å². The second kappa shape index (κ2) is 8.10. The van der Waals surface area contributed by atoms with Gasteiger partial charge in [0.25, 0.3) is 0 Å². The molecule has 0 radical (unpaired) electrons. The van der Waals surface area contributed by atoms with Gasteiger partial charge in [-0.05, 0) is 12.3 Å². The van der Waals surface area contributed by atoms with Crippen molar-refractivity contribution in [1.29, 1.82) is 0 Å². The molecule has 0 heterocycles. The van der Waals surface area contributed by atoms with Crippen molar-refractivity contribution in [2.75, 3.05) is 13.1 Å². The van der Waals surface area contributed by atoms with Crippen molar-refractivity contribution in [3.05, 3.63) is 0 Å².